The van der Waals surface area contributed by atoms with Gasteiger partial charge in [-0.3, -0.25) is 0 Å². The van der Waals surface area contributed by atoms with E-state index < -0.39 is 41.1 Å². The van der Waals surface area contributed by atoms with Crippen LogP contribution in [-0.4, -0.2) is 65.3 Å². The maximum Gasteiger partial charge on any atom is 0.208 e. The first-order chi connectivity index (χ1) is 24.4. The van der Waals surface area contributed by atoms with Crippen molar-refractivity contribution in [3.05, 3.63) is 144 Å². The molecule has 3 fully saturated rings. The predicted molar refractivity (Wildman–Crippen MR) is 196 cm³/mol. The molecule has 3 aliphatic heterocycles. The Labute approximate surface area is 308 Å². The second kappa shape index (κ2) is 15.5. The summed E-state index contributed by atoms with van der Waals surface area (Å²) in [5, 5.41) is 0. The van der Waals surface area contributed by atoms with Crippen LogP contribution in [0, 0.1) is 0 Å². The standard InChI is InChI=1S/C41H45IO8/c1-38(2)47-30-40-36(49-38)37(45-25-33-19-11-5-12-20-33)41(28-42,50-40)48-35(27-43-23-31-15-7-3-8-16-31)39(40,46-26-34-21-13-6-14-22-34)29-44-24-32-17-9-4-10-18-32/h3-22,35-37H,23-30H2,1-2H3/t35-,36-,37-,39+,40-,41+/m1/s1. The van der Waals surface area contributed by atoms with Crippen molar-refractivity contribution in [2.75, 3.05) is 24.2 Å². The van der Waals surface area contributed by atoms with Crippen LogP contribution in [0.5, 0.6) is 0 Å². The van der Waals surface area contributed by atoms with E-state index in [2.05, 4.69) is 46.9 Å². The quantitative estimate of drug-likeness (QED) is 0.0912. The lowest BCUT2D eigenvalue weighted by molar-refractivity contribution is -0.433. The summed E-state index contributed by atoms with van der Waals surface area (Å²) in [5.74, 6) is -2.09. The topological polar surface area (TPSA) is 73.8 Å². The van der Waals surface area contributed by atoms with Gasteiger partial charge in [0, 0.05) is 0 Å². The molecule has 264 valence electrons. The van der Waals surface area contributed by atoms with E-state index in [-0.39, 0.29) is 26.4 Å². The van der Waals surface area contributed by atoms with E-state index in [1.165, 1.54) is 0 Å². The Balaban J connectivity index is 1.30. The third kappa shape index (κ3) is 7.30. The Morgan fingerprint density at radius 1 is 0.660 bits per heavy atom. The molecule has 6 atom stereocenters. The first kappa shape index (κ1) is 35.7. The molecule has 0 amide bonds. The summed E-state index contributed by atoms with van der Waals surface area (Å²) in [6.45, 7) is 5.77. The summed E-state index contributed by atoms with van der Waals surface area (Å²) < 4.78 is 55.5. The lowest BCUT2D eigenvalue weighted by atomic mass is 9.74. The Bertz CT molecular complexity index is 1640. The van der Waals surface area contributed by atoms with Crippen LogP contribution in [-0.2, 0) is 64.3 Å². The van der Waals surface area contributed by atoms with Gasteiger partial charge in [-0.2, -0.15) is 0 Å². The number of halogens is 1. The van der Waals surface area contributed by atoms with Crippen molar-refractivity contribution in [3.8, 4) is 0 Å². The molecule has 7 rings (SSSR count). The minimum absolute atomic E-state index is 0.125. The Hall–Kier alpha value is -2.71. The molecular weight excluding hydrogens is 747 g/mol. The van der Waals surface area contributed by atoms with Crippen molar-refractivity contribution >= 4 is 22.6 Å². The van der Waals surface area contributed by atoms with Gasteiger partial charge in [0.05, 0.1) is 50.7 Å². The van der Waals surface area contributed by atoms with Gasteiger partial charge in [0.1, 0.15) is 18.3 Å². The molecule has 0 unspecified atom stereocenters. The van der Waals surface area contributed by atoms with Gasteiger partial charge in [-0.05, 0) is 36.1 Å². The zero-order valence-corrected chi connectivity index (χ0v) is 30.7. The summed E-state index contributed by atoms with van der Waals surface area (Å²) in [6.07, 6.45) is -1.88. The van der Waals surface area contributed by atoms with Crippen LogP contribution < -0.4 is 0 Å². The van der Waals surface area contributed by atoms with Gasteiger partial charge >= 0.3 is 0 Å². The normalized spacial score (nSPS) is 29.8. The number of alkyl halides is 1. The van der Waals surface area contributed by atoms with Gasteiger partial charge in [-0.25, -0.2) is 0 Å². The van der Waals surface area contributed by atoms with Crippen molar-refractivity contribution in [1.29, 1.82) is 0 Å². The first-order valence-corrected chi connectivity index (χ1v) is 18.7. The van der Waals surface area contributed by atoms with Gasteiger partial charge in [-0.1, -0.05) is 144 Å². The minimum atomic E-state index is -1.24. The molecule has 8 nitrogen and oxygen atoms in total. The highest BCUT2D eigenvalue weighted by Crippen LogP contribution is 2.59. The molecule has 2 bridgehead atoms. The lowest BCUT2D eigenvalue weighted by Gasteiger charge is -2.58. The Kier molecular flexibility index (Phi) is 11.1. The molecule has 50 heavy (non-hydrogen) atoms. The smallest absolute Gasteiger partial charge is 0.208 e. The fourth-order valence-electron chi connectivity index (χ4n) is 7.23. The van der Waals surface area contributed by atoms with Crippen molar-refractivity contribution in [2.24, 2.45) is 0 Å². The third-order valence-corrected chi connectivity index (χ3v) is 10.8. The van der Waals surface area contributed by atoms with E-state index >= 15 is 0 Å². The van der Waals surface area contributed by atoms with Gasteiger partial charge < -0.3 is 37.9 Å². The lowest BCUT2D eigenvalue weighted by Crippen LogP contribution is -2.77. The van der Waals surface area contributed by atoms with Crippen LogP contribution in [0.25, 0.3) is 0 Å². The molecule has 3 saturated heterocycles. The SMILES string of the molecule is CC1(C)OC[C@]23O[C@](CI)(O[C@H](COCc4ccccc4)[C@]2(COCc2ccccc2)OCc2ccccc2)[C@H](OCc2ccccc2)[C@H]3O1. The van der Waals surface area contributed by atoms with Gasteiger partial charge in [0.15, 0.2) is 17.0 Å². The summed E-state index contributed by atoms with van der Waals surface area (Å²) in [5.41, 5.74) is 1.73. The summed E-state index contributed by atoms with van der Waals surface area (Å²) >= 11 is 2.33. The predicted octanol–water partition coefficient (Wildman–Crippen LogP) is 7.41. The fraction of sp³-hybridized carbons (Fsp3) is 0.415. The molecule has 1 spiro atoms. The number of ether oxygens (including phenoxy) is 8. The minimum Gasteiger partial charge on any atom is -0.374 e. The molecule has 4 aromatic rings. The van der Waals surface area contributed by atoms with E-state index in [9.17, 15) is 0 Å². The van der Waals surface area contributed by atoms with Crippen LogP contribution in [0.2, 0.25) is 0 Å². The molecule has 9 heteroatoms. The number of rotatable bonds is 15. The fourth-order valence-corrected chi connectivity index (χ4v) is 8.00. The molecule has 0 aromatic heterocycles. The molecule has 0 N–H and O–H groups in total. The number of fused-ring (bicyclic) bond motifs is 1. The largest absolute Gasteiger partial charge is 0.374 e. The number of hydrogen-bond donors (Lipinski definition) is 0. The van der Waals surface area contributed by atoms with Crippen LogP contribution in [0.1, 0.15) is 36.1 Å². The Morgan fingerprint density at radius 3 is 1.74 bits per heavy atom. The molecule has 3 aliphatic rings. The molecule has 3 heterocycles. The summed E-state index contributed by atoms with van der Waals surface area (Å²) in [4.78, 5) is 0. The van der Waals surface area contributed by atoms with Crippen LogP contribution in [0.3, 0.4) is 0 Å². The van der Waals surface area contributed by atoms with Gasteiger partial charge in [0.25, 0.3) is 0 Å². The molecule has 0 saturated carbocycles. The highest BCUT2D eigenvalue weighted by Gasteiger charge is 2.80. The van der Waals surface area contributed by atoms with Crippen molar-refractivity contribution in [2.45, 2.75) is 81.4 Å². The summed E-state index contributed by atoms with van der Waals surface area (Å²) in [6, 6.07) is 40.4. The average Bonchev–Trinajstić information content (AvgIpc) is 3.39. The monoisotopic (exact) mass is 792 g/mol. The maximum atomic E-state index is 7.26. The highest BCUT2D eigenvalue weighted by atomic mass is 127. The second-order valence-corrected chi connectivity index (χ2v) is 14.4. The van der Waals surface area contributed by atoms with Crippen molar-refractivity contribution in [1.82, 2.24) is 0 Å². The molecule has 0 aliphatic carbocycles. The third-order valence-electron chi connectivity index (χ3n) is 9.75. The number of benzene rings is 4. The molecule has 4 aromatic carbocycles. The van der Waals surface area contributed by atoms with Gasteiger partial charge in [0.2, 0.25) is 5.79 Å². The van der Waals surface area contributed by atoms with Gasteiger partial charge in [-0.15, -0.1) is 0 Å². The van der Waals surface area contributed by atoms with Crippen molar-refractivity contribution < 1.29 is 37.9 Å². The maximum absolute atomic E-state index is 7.26. The number of hydrogen-bond acceptors (Lipinski definition) is 8. The zero-order valence-electron chi connectivity index (χ0n) is 28.6. The molecular formula is C41H45IO8. The summed E-state index contributed by atoms with van der Waals surface area (Å²) in [7, 11) is 0. The highest BCUT2D eigenvalue weighted by molar-refractivity contribution is 14.1. The van der Waals surface area contributed by atoms with E-state index in [1.807, 2.05) is 111 Å². The average molecular weight is 793 g/mol. The van der Waals surface area contributed by atoms with E-state index in [0.29, 0.717) is 24.2 Å². The zero-order chi connectivity index (χ0) is 34.5. The Morgan fingerprint density at radius 2 is 1.18 bits per heavy atom. The van der Waals surface area contributed by atoms with Crippen LogP contribution in [0.15, 0.2) is 121 Å². The second-order valence-electron chi connectivity index (χ2n) is 13.6. The van der Waals surface area contributed by atoms with Crippen LogP contribution in [0.4, 0.5) is 0 Å². The van der Waals surface area contributed by atoms with Crippen LogP contribution >= 0.6 is 22.6 Å². The van der Waals surface area contributed by atoms with Crippen molar-refractivity contribution in [3.63, 3.8) is 0 Å². The first-order valence-electron chi connectivity index (χ1n) is 17.2. The van der Waals surface area contributed by atoms with E-state index in [4.69, 9.17) is 37.9 Å². The van der Waals surface area contributed by atoms with E-state index in [1.54, 1.807) is 0 Å². The molecule has 0 radical (unpaired) electrons. The van der Waals surface area contributed by atoms with E-state index in [0.717, 1.165) is 22.3 Å².